The fourth-order valence-electron chi connectivity index (χ4n) is 2.34. The first-order chi connectivity index (χ1) is 10.3. The second-order valence-electron chi connectivity index (χ2n) is 4.75. The smallest absolute Gasteiger partial charge is 0.267 e. The highest BCUT2D eigenvalue weighted by Crippen LogP contribution is 2.17. The molecule has 2 aromatic heterocycles. The molecule has 0 aromatic carbocycles. The third-order valence-corrected chi connectivity index (χ3v) is 4.28. The number of piperazine rings is 1. The average Bonchev–Trinajstić information content (AvgIpc) is 3.04. The summed E-state index contributed by atoms with van der Waals surface area (Å²) in [6.45, 7) is 4.86. The van der Waals surface area contributed by atoms with Gasteiger partial charge in [0.2, 0.25) is 0 Å². The third kappa shape index (κ3) is 2.85. The molecule has 0 aliphatic carbocycles. The van der Waals surface area contributed by atoms with E-state index in [2.05, 4.69) is 24.5 Å². The van der Waals surface area contributed by atoms with Gasteiger partial charge in [-0.05, 0) is 18.0 Å². The molecule has 0 atom stereocenters. The molecule has 1 saturated heterocycles. The van der Waals surface area contributed by atoms with Crippen molar-refractivity contribution in [2.75, 3.05) is 31.1 Å². The van der Waals surface area contributed by atoms with Gasteiger partial charge in [0.25, 0.3) is 5.91 Å². The van der Waals surface area contributed by atoms with E-state index in [-0.39, 0.29) is 5.91 Å². The lowest BCUT2D eigenvalue weighted by atomic mass is 10.2. The fourth-order valence-corrected chi connectivity index (χ4v) is 3.06. The van der Waals surface area contributed by atoms with Crippen molar-refractivity contribution in [2.24, 2.45) is 0 Å². The minimum absolute atomic E-state index is 0.0423. The van der Waals surface area contributed by atoms with E-state index in [0.29, 0.717) is 18.0 Å². The number of aromatic nitrogens is 4. The summed E-state index contributed by atoms with van der Waals surface area (Å²) in [5.41, 5.74) is 0.793. The average molecular weight is 304 g/mol. The first kappa shape index (κ1) is 13.9. The van der Waals surface area contributed by atoms with Gasteiger partial charge in [0, 0.05) is 38.6 Å². The minimum atomic E-state index is 0.0423. The molecule has 1 aliphatic heterocycles. The molecular formula is C13H16N6OS. The number of rotatable bonds is 3. The molecule has 3 rings (SSSR count). The molecule has 0 spiro atoms. The van der Waals surface area contributed by atoms with Crippen LogP contribution in [0.2, 0.25) is 0 Å². The number of anilines is 1. The number of amides is 1. The fraction of sp³-hybridized carbons (Fsp3) is 0.462. The van der Waals surface area contributed by atoms with Crippen LogP contribution in [0.25, 0.3) is 0 Å². The van der Waals surface area contributed by atoms with Crippen LogP contribution < -0.4 is 4.90 Å². The number of nitrogens with zero attached hydrogens (tertiary/aromatic N) is 6. The quantitative estimate of drug-likeness (QED) is 0.837. The Labute approximate surface area is 126 Å². The minimum Gasteiger partial charge on any atom is -0.352 e. The van der Waals surface area contributed by atoms with Crippen LogP contribution in [-0.4, -0.2) is 56.5 Å². The molecule has 0 radical (unpaired) electrons. The van der Waals surface area contributed by atoms with E-state index >= 15 is 0 Å². The monoisotopic (exact) mass is 304 g/mol. The third-order valence-electron chi connectivity index (χ3n) is 3.53. The molecule has 0 saturated carbocycles. The second kappa shape index (κ2) is 6.13. The van der Waals surface area contributed by atoms with Crippen molar-refractivity contribution in [3.63, 3.8) is 0 Å². The Balaban J connectivity index is 1.65. The van der Waals surface area contributed by atoms with Crippen molar-refractivity contribution in [3.8, 4) is 0 Å². The van der Waals surface area contributed by atoms with Crippen molar-refractivity contribution < 1.29 is 4.79 Å². The van der Waals surface area contributed by atoms with Gasteiger partial charge in [-0.2, -0.15) is 0 Å². The molecule has 1 fully saturated rings. The first-order valence-electron chi connectivity index (χ1n) is 6.91. The number of carbonyl (C=O) groups is 1. The maximum Gasteiger partial charge on any atom is 0.267 e. The Bertz CT molecular complexity index is 608. The van der Waals surface area contributed by atoms with Crippen LogP contribution in [0.15, 0.2) is 18.6 Å². The lowest BCUT2D eigenvalue weighted by molar-refractivity contribution is 0.0750. The van der Waals surface area contributed by atoms with Crippen molar-refractivity contribution in [1.29, 1.82) is 0 Å². The van der Waals surface area contributed by atoms with Crippen LogP contribution in [-0.2, 0) is 6.42 Å². The molecule has 1 amide bonds. The number of carbonyl (C=O) groups excluding carboxylic acids is 1. The number of aryl methyl sites for hydroxylation is 1. The molecule has 8 heteroatoms. The maximum absolute atomic E-state index is 12.5. The summed E-state index contributed by atoms with van der Waals surface area (Å²) in [5.74, 6) is 0.902. The van der Waals surface area contributed by atoms with Crippen molar-refractivity contribution in [1.82, 2.24) is 24.5 Å². The van der Waals surface area contributed by atoms with Gasteiger partial charge < -0.3 is 9.80 Å². The molecular weight excluding hydrogens is 288 g/mol. The molecule has 21 heavy (non-hydrogen) atoms. The van der Waals surface area contributed by atoms with Gasteiger partial charge in [0.1, 0.15) is 10.7 Å². The van der Waals surface area contributed by atoms with Crippen LogP contribution in [0.3, 0.4) is 0 Å². The zero-order valence-corrected chi connectivity index (χ0v) is 12.6. The van der Waals surface area contributed by atoms with E-state index in [1.165, 1.54) is 11.5 Å². The molecule has 110 valence electrons. The lowest BCUT2D eigenvalue weighted by Crippen LogP contribution is -2.49. The Morgan fingerprint density at radius 3 is 2.76 bits per heavy atom. The predicted molar refractivity (Wildman–Crippen MR) is 79.4 cm³/mol. The molecule has 2 aromatic rings. The van der Waals surface area contributed by atoms with E-state index < -0.39 is 0 Å². The van der Waals surface area contributed by atoms with Crippen LogP contribution in [0.4, 0.5) is 5.82 Å². The summed E-state index contributed by atoms with van der Waals surface area (Å²) in [6, 6.07) is 0. The normalized spacial score (nSPS) is 15.3. The summed E-state index contributed by atoms with van der Waals surface area (Å²) >= 11 is 1.18. The van der Waals surface area contributed by atoms with Gasteiger partial charge in [-0.25, -0.2) is 4.98 Å². The summed E-state index contributed by atoms with van der Waals surface area (Å²) in [5, 5.41) is 4.01. The molecule has 7 nitrogen and oxygen atoms in total. The van der Waals surface area contributed by atoms with Crippen LogP contribution in [0, 0.1) is 0 Å². The van der Waals surface area contributed by atoms with Crippen molar-refractivity contribution >= 4 is 23.3 Å². The molecule has 0 unspecified atom stereocenters. The van der Waals surface area contributed by atoms with Gasteiger partial charge in [-0.15, -0.1) is 5.10 Å². The SMILES string of the molecule is CCc1nnsc1C(=O)N1CCN(c2cnccn2)CC1. The number of hydrogen-bond donors (Lipinski definition) is 0. The van der Waals surface area contributed by atoms with Gasteiger partial charge in [-0.1, -0.05) is 11.4 Å². The van der Waals surface area contributed by atoms with Gasteiger partial charge in [-0.3, -0.25) is 9.78 Å². The lowest BCUT2D eigenvalue weighted by Gasteiger charge is -2.35. The van der Waals surface area contributed by atoms with E-state index in [0.717, 1.165) is 31.0 Å². The zero-order valence-electron chi connectivity index (χ0n) is 11.8. The standard InChI is InChI=1S/C13H16N6OS/c1-2-10-12(21-17-16-10)13(20)19-7-5-18(6-8-19)11-9-14-3-4-15-11/h3-4,9H,2,5-8H2,1H3. The van der Waals surface area contributed by atoms with Gasteiger partial charge in [0.15, 0.2) is 0 Å². The number of hydrogen-bond acceptors (Lipinski definition) is 7. The Morgan fingerprint density at radius 1 is 1.29 bits per heavy atom. The molecule has 0 N–H and O–H groups in total. The summed E-state index contributed by atoms with van der Waals surface area (Å²) in [4.78, 5) is 25.5. The highest BCUT2D eigenvalue weighted by molar-refractivity contribution is 7.08. The summed E-state index contributed by atoms with van der Waals surface area (Å²) in [6.07, 6.45) is 5.83. The van der Waals surface area contributed by atoms with E-state index in [1.807, 2.05) is 11.8 Å². The summed E-state index contributed by atoms with van der Waals surface area (Å²) in [7, 11) is 0. The van der Waals surface area contributed by atoms with E-state index in [1.54, 1.807) is 18.6 Å². The van der Waals surface area contributed by atoms with Gasteiger partial charge in [0.05, 0.1) is 11.9 Å². The highest BCUT2D eigenvalue weighted by atomic mass is 32.1. The largest absolute Gasteiger partial charge is 0.352 e. The Hall–Kier alpha value is -2.09. The zero-order chi connectivity index (χ0) is 14.7. The maximum atomic E-state index is 12.5. The van der Waals surface area contributed by atoms with E-state index in [9.17, 15) is 4.79 Å². The first-order valence-corrected chi connectivity index (χ1v) is 7.68. The van der Waals surface area contributed by atoms with Gasteiger partial charge >= 0.3 is 0 Å². The summed E-state index contributed by atoms with van der Waals surface area (Å²) < 4.78 is 3.89. The highest BCUT2D eigenvalue weighted by Gasteiger charge is 2.26. The van der Waals surface area contributed by atoms with Crippen molar-refractivity contribution in [2.45, 2.75) is 13.3 Å². The Kier molecular flexibility index (Phi) is 4.05. The molecule has 0 bridgehead atoms. The van der Waals surface area contributed by atoms with Crippen LogP contribution >= 0.6 is 11.5 Å². The van der Waals surface area contributed by atoms with Crippen molar-refractivity contribution in [3.05, 3.63) is 29.2 Å². The van der Waals surface area contributed by atoms with Crippen LogP contribution in [0.1, 0.15) is 22.3 Å². The van der Waals surface area contributed by atoms with Crippen LogP contribution in [0.5, 0.6) is 0 Å². The van der Waals surface area contributed by atoms with E-state index in [4.69, 9.17) is 0 Å². The second-order valence-corrected chi connectivity index (χ2v) is 5.50. The molecule has 3 heterocycles. The predicted octanol–water partition coefficient (Wildman–Crippen LogP) is 0.853. The Morgan fingerprint density at radius 2 is 2.10 bits per heavy atom. The topological polar surface area (TPSA) is 75.1 Å². The molecule has 1 aliphatic rings.